The fraction of sp³-hybridized carbons (Fsp3) is 0.684. The van der Waals surface area contributed by atoms with Crippen LogP contribution in [0.15, 0.2) is 97.2 Å². The second-order valence-electron chi connectivity index (χ2n) is 17.3. The summed E-state index contributed by atoms with van der Waals surface area (Å²) in [5.41, 5.74) is 0. The second kappa shape index (κ2) is 49.8. The lowest BCUT2D eigenvalue weighted by Crippen LogP contribution is -2.46. The molecule has 0 saturated carbocycles. The van der Waals surface area contributed by atoms with E-state index < -0.39 is 18.2 Å². The highest BCUT2D eigenvalue weighted by molar-refractivity contribution is 5.77. The number of carbonyl (C=O) groups is 2. The van der Waals surface area contributed by atoms with Crippen molar-refractivity contribution < 1.29 is 24.5 Å². The second-order valence-corrected chi connectivity index (χ2v) is 17.3. The summed E-state index contributed by atoms with van der Waals surface area (Å²) in [6, 6.07) is -0.735. The van der Waals surface area contributed by atoms with E-state index in [0.29, 0.717) is 19.3 Å². The molecule has 0 radical (unpaired) electrons. The molecule has 0 fully saturated rings. The van der Waals surface area contributed by atoms with Crippen molar-refractivity contribution in [3.8, 4) is 0 Å². The number of carbonyl (C=O) groups excluding carboxylic acids is 2. The normalized spacial score (nSPS) is 14.0. The van der Waals surface area contributed by atoms with Crippen molar-refractivity contribution in [2.45, 2.75) is 244 Å². The van der Waals surface area contributed by atoms with E-state index >= 15 is 0 Å². The van der Waals surface area contributed by atoms with Gasteiger partial charge in [0, 0.05) is 6.42 Å². The number of hydrogen-bond acceptors (Lipinski definition) is 5. The SMILES string of the molecule is CC/C=C/C=C/C=C\C=C/CCCC(CC(=O)NC(CO)C(O)CCCCCCCCCCCCCCCCCCC)OC(=O)CCCCC/C=C/C/C=C/C/C=C/C/C=C/CC. The lowest BCUT2D eigenvalue weighted by Gasteiger charge is -2.24. The first-order valence-electron chi connectivity index (χ1n) is 26.0. The van der Waals surface area contributed by atoms with E-state index in [1.807, 2.05) is 36.5 Å². The molecule has 3 atom stereocenters. The molecular formula is C57H97NO5. The zero-order valence-electron chi connectivity index (χ0n) is 40.9. The Bertz CT molecular complexity index is 1260. The maximum absolute atomic E-state index is 13.2. The summed E-state index contributed by atoms with van der Waals surface area (Å²) in [4.78, 5) is 26.1. The van der Waals surface area contributed by atoms with E-state index in [2.05, 4.69) is 86.8 Å². The van der Waals surface area contributed by atoms with Crippen molar-refractivity contribution in [1.29, 1.82) is 0 Å². The van der Waals surface area contributed by atoms with Gasteiger partial charge in [0.1, 0.15) is 6.10 Å². The van der Waals surface area contributed by atoms with Crippen LogP contribution in [0, 0.1) is 0 Å². The highest BCUT2D eigenvalue weighted by Crippen LogP contribution is 2.17. The summed E-state index contributed by atoms with van der Waals surface area (Å²) in [5.74, 6) is -0.586. The van der Waals surface area contributed by atoms with E-state index in [9.17, 15) is 19.8 Å². The zero-order valence-corrected chi connectivity index (χ0v) is 40.9. The van der Waals surface area contributed by atoms with Gasteiger partial charge in [0.2, 0.25) is 5.91 Å². The largest absolute Gasteiger partial charge is 0.462 e. The van der Waals surface area contributed by atoms with Gasteiger partial charge in [-0.15, -0.1) is 0 Å². The topological polar surface area (TPSA) is 95.9 Å². The Labute approximate surface area is 388 Å². The third kappa shape index (κ3) is 45.2. The smallest absolute Gasteiger partial charge is 0.306 e. The Kier molecular flexibility index (Phi) is 47.2. The molecule has 6 nitrogen and oxygen atoms in total. The molecule has 0 spiro atoms. The summed E-state index contributed by atoms with van der Waals surface area (Å²) < 4.78 is 5.87. The maximum Gasteiger partial charge on any atom is 0.306 e. The predicted octanol–water partition coefficient (Wildman–Crippen LogP) is 15.7. The number of unbranched alkanes of at least 4 members (excludes halogenated alkanes) is 20. The molecule has 0 aromatic heterocycles. The zero-order chi connectivity index (χ0) is 45.9. The number of nitrogens with one attached hydrogen (secondary N) is 1. The van der Waals surface area contributed by atoms with Gasteiger partial charge in [0.25, 0.3) is 0 Å². The first kappa shape index (κ1) is 59.8. The molecule has 0 aliphatic carbocycles. The first-order valence-corrected chi connectivity index (χ1v) is 26.0. The van der Waals surface area contributed by atoms with Crippen molar-refractivity contribution in [2.75, 3.05) is 6.61 Å². The predicted molar refractivity (Wildman–Crippen MR) is 273 cm³/mol. The Balaban J connectivity index is 4.61. The molecule has 0 heterocycles. The van der Waals surface area contributed by atoms with E-state index in [4.69, 9.17) is 4.74 Å². The van der Waals surface area contributed by atoms with Crippen molar-refractivity contribution in [1.82, 2.24) is 5.32 Å². The molecule has 0 bridgehead atoms. The summed E-state index contributed by atoms with van der Waals surface area (Å²) in [6.45, 7) is 6.20. The number of hydrogen-bond donors (Lipinski definition) is 3. The molecule has 0 aromatic carbocycles. The molecule has 360 valence electrons. The number of rotatable bonds is 45. The van der Waals surface area contributed by atoms with Gasteiger partial charge in [-0.1, -0.05) is 234 Å². The van der Waals surface area contributed by atoms with E-state index in [-0.39, 0.29) is 24.9 Å². The average Bonchev–Trinajstić information content (AvgIpc) is 3.28. The molecule has 3 unspecified atom stereocenters. The van der Waals surface area contributed by atoms with Crippen LogP contribution < -0.4 is 5.32 Å². The van der Waals surface area contributed by atoms with Gasteiger partial charge in [-0.25, -0.2) is 0 Å². The van der Waals surface area contributed by atoms with Crippen LogP contribution in [-0.2, 0) is 14.3 Å². The number of aliphatic hydroxyl groups is 2. The van der Waals surface area contributed by atoms with Crippen LogP contribution in [-0.4, -0.2) is 46.9 Å². The third-order valence-corrected chi connectivity index (χ3v) is 11.3. The van der Waals surface area contributed by atoms with E-state index in [0.717, 1.165) is 89.9 Å². The van der Waals surface area contributed by atoms with Crippen molar-refractivity contribution in [2.24, 2.45) is 0 Å². The average molecular weight is 876 g/mol. The minimum Gasteiger partial charge on any atom is -0.462 e. The molecule has 0 saturated heterocycles. The number of esters is 1. The minimum absolute atomic E-state index is 0.0135. The van der Waals surface area contributed by atoms with Gasteiger partial charge in [0.05, 0.1) is 25.2 Å². The molecule has 6 heteroatoms. The number of ether oxygens (including phenoxy) is 1. The van der Waals surface area contributed by atoms with Crippen LogP contribution in [0.3, 0.4) is 0 Å². The third-order valence-electron chi connectivity index (χ3n) is 11.3. The Morgan fingerprint density at radius 2 is 0.952 bits per heavy atom. The Hall–Kier alpha value is -3.22. The summed E-state index contributed by atoms with van der Waals surface area (Å²) in [7, 11) is 0. The monoisotopic (exact) mass is 876 g/mol. The molecule has 0 aliphatic rings. The minimum atomic E-state index is -0.816. The molecule has 0 rings (SSSR count). The molecule has 3 N–H and O–H groups in total. The number of aliphatic hydroxyl groups excluding tert-OH is 2. The van der Waals surface area contributed by atoms with Crippen LogP contribution in [0.1, 0.15) is 226 Å². The number of amides is 1. The maximum atomic E-state index is 13.2. The van der Waals surface area contributed by atoms with Gasteiger partial charge in [-0.3, -0.25) is 9.59 Å². The van der Waals surface area contributed by atoms with Gasteiger partial charge in [-0.2, -0.15) is 0 Å². The highest BCUT2D eigenvalue weighted by Gasteiger charge is 2.24. The molecule has 63 heavy (non-hydrogen) atoms. The lowest BCUT2D eigenvalue weighted by molar-refractivity contribution is -0.151. The Morgan fingerprint density at radius 1 is 0.492 bits per heavy atom. The van der Waals surface area contributed by atoms with E-state index in [1.54, 1.807) is 0 Å². The standard InChI is InChI=1S/C57H97NO5/c1-4-7-10-13-16-19-22-24-26-28-29-31-34-37-40-43-46-49-55(60)54(52-59)58-56(61)51-53(48-45-42-39-36-33-21-18-15-12-9-6-3)63-57(62)50-47-44-41-38-35-32-30-27-25-23-20-17-14-11-8-5-2/h8-9,11-12,15,17-18,20-21,25,27,32-33,35-36,39,53-55,59-60H,4-7,10,13-14,16,19,22-24,26,28-31,34,37-38,40-52H2,1-3H3,(H,58,61)/b11-8+,12-9+,18-15+,20-17+,27-25+,33-21-,35-32+,39-36-. The van der Waals surface area contributed by atoms with E-state index in [1.165, 1.54) is 89.9 Å². The molecular weight excluding hydrogens is 779 g/mol. The molecule has 0 aromatic rings. The van der Waals surface area contributed by atoms with Crippen molar-refractivity contribution >= 4 is 11.9 Å². The van der Waals surface area contributed by atoms with Gasteiger partial charge in [-0.05, 0) is 77.0 Å². The van der Waals surface area contributed by atoms with Crippen LogP contribution in [0.4, 0.5) is 0 Å². The van der Waals surface area contributed by atoms with Crippen molar-refractivity contribution in [3.05, 3.63) is 97.2 Å². The lowest BCUT2D eigenvalue weighted by atomic mass is 10.0. The first-order chi connectivity index (χ1) is 31.0. The fourth-order valence-corrected chi connectivity index (χ4v) is 7.38. The molecule has 1 amide bonds. The van der Waals surface area contributed by atoms with Crippen molar-refractivity contribution in [3.63, 3.8) is 0 Å². The quantitative estimate of drug-likeness (QED) is 0.0245. The van der Waals surface area contributed by atoms with Gasteiger partial charge >= 0.3 is 5.97 Å². The fourth-order valence-electron chi connectivity index (χ4n) is 7.38. The Morgan fingerprint density at radius 3 is 1.49 bits per heavy atom. The van der Waals surface area contributed by atoms with Gasteiger partial charge in [0.15, 0.2) is 0 Å². The summed E-state index contributed by atoms with van der Waals surface area (Å²) in [5, 5.41) is 23.8. The van der Waals surface area contributed by atoms with Crippen LogP contribution in [0.2, 0.25) is 0 Å². The van der Waals surface area contributed by atoms with Crippen LogP contribution in [0.25, 0.3) is 0 Å². The van der Waals surface area contributed by atoms with Crippen LogP contribution in [0.5, 0.6) is 0 Å². The van der Waals surface area contributed by atoms with Crippen LogP contribution >= 0.6 is 0 Å². The highest BCUT2D eigenvalue weighted by atomic mass is 16.5. The summed E-state index contributed by atoms with van der Waals surface area (Å²) >= 11 is 0. The molecule has 0 aliphatic heterocycles. The van der Waals surface area contributed by atoms with Gasteiger partial charge < -0.3 is 20.3 Å². The number of allylic oxidation sites excluding steroid dienone is 16. The summed E-state index contributed by atoms with van der Waals surface area (Å²) in [6.07, 6.45) is 66.2.